The SMILES string of the molecule is CC(C)(C)NC(=O)c1ccc(C(CCCc2ccc(F)cc2)c2c[nH]cn2)cc1. The van der Waals surface area contributed by atoms with E-state index in [1.807, 2.05) is 63.4 Å². The van der Waals surface area contributed by atoms with Gasteiger partial charge in [-0.2, -0.15) is 0 Å². The van der Waals surface area contributed by atoms with Crippen LogP contribution in [0.3, 0.4) is 0 Å². The number of nitrogens with zero attached hydrogens (tertiary/aromatic N) is 1. The summed E-state index contributed by atoms with van der Waals surface area (Å²) in [4.78, 5) is 19.9. The van der Waals surface area contributed by atoms with E-state index in [4.69, 9.17) is 0 Å². The number of aromatic amines is 1. The summed E-state index contributed by atoms with van der Waals surface area (Å²) in [5.74, 6) is -0.142. The van der Waals surface area contributed by atoms with Gasteiger partial charge >= 0.3 is 0 Å². The highest BCUT2D eigenvalue weighted by Gasteiger charge is 2.18. The van der Waals surface area contributed by atoms with E-state index in [-0.39, 0.29) is 23.2 Å². The number of hydrogen-bond donors (Lipinski definition) is 2. The van der Waals surface area contributed by atoms with Crippen LogP contribution < -0.4 is 5.32 Å². The highest BCUT2D eigenvalue weighted by molar-refractivity contribution is 5.94. The van der Waals surface area contributed by atoms with E-state index < -0.39 is 0 Å². The minimum Gasteiger partial charge on any atom is -0.351 e. The second kappa shape index (κ2) is 9.03. The Balaban J connectivity index is 1.70. The van der Waals surface area contributed by atoms with Gasteiger partial charge in [0.25, 0.3) is 5.91 Å². The molecule has 3 aromatic rings. The highest BCUT2D eigenvalue weighted by atomic mass is 19.1. The number of H-pyrrole nitrogens is 1. The maximum Gasteiger partial charge on any atom is 0.251 e. The van der Waals surface area contributed by atoms with Gasteiger partial charge in [-0.1, -0.05) is 24.3 Å². The van der Waals surface area contributed by atoms with Crippen molar-refractivity contribution >= 4 is 5.91 Å². The number of rotatable bonds is 7. The zero-order chi connectivity index (χ0) is 20.9. The van der Waals surface area contributed by atoms with Gasteiger partial charge in [0.15, 0.2) is 0 Å². The molecule has 0 saturated heterocycles. The molecule has 4 nitrogen and oxygen atoms in total. The zero-order valence-corrected chi connectivity index (χ0v) is 17.2. The van der Waals surface area contributed by atoms with E-state index >= 15 is 0 Å². The molecule has 0 aliphatic rings. The summed E-state index contributed by atoms with van der Waals surface area (Å²) in [6.45, 7) is 5.90. The molecule has 5 heteroatoms. The van der Waals surface area contributed by atoms with E-state index in [1.165, 1.54) is 12.1 Å². The Hall–Kier alpha value is -2.95. The van der Waals surface area contributed by atoms with Crippen molar-refractivity contribution in [1.82, 2.24) is 15.3 Å². The molecule has 3 rings (SSSR count). The number of halogens is 1. The maximum atomic E-state index is 13.1. The normalized spacial score (nSPS) is 12.6. The lowest BCUT2D eigenvalue weighted by molar-refractivity contribution is 0.0919. The molecule has 2 N–H and O–H groups in total. The molecule has 152 valence electrons. The summed E-state index contributed by atoms with van der Waals surface area (Å²) in [5.41, 5.74) is 3.62. The van der Waals surface area contributed by atoms with Gasteiger partial charge in [-0.15, -0.1) is 0 Å². The van der Waals surface area contributed by atoms with Crippen LogP contribution in [0.2, 0.25) is 0 Å². The smallest absolute Gasteiger partial charge is 0.251 e. The minimum atomic E-state index is -0.270. The maximum absolute atomic E-state index is 13.1. The van der Waals surface area contributed by atoms with E-state index in [9.17, 15) is 9.18 Å². The lowest BCUT2D eigenvalue weighted by Crippen LogP contribution is -2.40. The number of carbonyl (C=O) groups excluding carboxylic acids is 1. The van der Waals surface area contributed by atoms with Gasteiger partial charge in [0.05, 0.1) is 12.0 Å². The zero-order valence-electron chi connectivity index (χ0n) is 17.2. The molecule has 0 aliphatic carbocycles. The number of amides is 1. The molecule has 1 amide bonds. The number of aromatic nitrogens is 2. The van der Waals surface area contributed by atoms with Crippen LogP contribution in [0.1, 0.15) is 66.7 Å². The number of hydrogen-bond acceptors (Lipinski definition) is 2. The van der Waals surface area contributed by atoms with E-state index in [0.717, 1.165) is 36.1 Å². The molecule has 29 heavy (non-hydrogen) atoms. The Morgan fingerprint density at radius 2 is 1.79 bits per heavy atom. The van der Waals surface area contributed by atoms with Gasteiger partial charge in [-0.05, 0) is 75.4 Å². The first kappa shape index (κ1) is 20.8. The summed E-state index contributed by atoms with van der Waals surface area (Å²) < 4.78 is 13.1. The van der Waals surface area contributed by atoms with Crippen LogP contribution >= 0.6 is 0 Å². The van der Waals surface area contributed by atoms with Crippen molar-refractivity contribution in [3.63, 3.8) is 0 Å². The predicted octanol–water partition coefficient (Wildman–Crippen LogP) is 5.23. The monoisotopic (exact) mass is 393 g/mol. The van der Waals surface area contributed by atoms with Crippen LogP contribution in [0.4, 0.5) is 4.39 Å². The average Bonchev–Trinajstić information content (AvgIpc) is 3.20. The number of imidazole rings is 1. The fourth-order valence-electron chi connectivity index (χ4n) is 3.39. The summed E-state index contributed by atoms with van der Waals surface area (Å²) in [6.07, 6.45) is 6.36. The largest absolute Gasteiger partial charge is 0.351 e. The molecule has 0 fully saturated rings. The lowest BCUT2D eigenvalue weighted by Gasteiger charge is -2.21. The topological polar surface area (TPSA) is 57.8 Å². The fourth-order valence-corrected chi connectivity index (χ4v) is 3.39. The van der Waals surface area contributed by atoms with Gasteiger partial charge in [0, 0.05) is 23.2 Å². The van der Waals surface area contributed by atoms with Gasteiger partial charge in [-0.25, -0.2) is 9.37 Å². The van der Waals surface area contributed by atoms with Crippen molar-refractivity contribution in [2.75, 3.05) is 0 Å². The molecule has 0 bridgehead atoms. The Morgan fingerprint density at radius 3 is 2.38 bits per heavy atom. The minimum absolute atomic E-state index is 0.0725. The first-order chi connectivity index (χ1) is 13.8. The lowest BCUT2D eigenvalue weighted by atomic mass is 9.89. The third-order valence-electron chi connectivity index (χ3n) is 4.81. The van der Waals surface area contributed by atoms with Crippen LogP contribution in [0.5, 0.6) is 0 Å². The Labute approximate surface area is 171 Å². The van der Waals surface area contributed by atoms with E-state index in [2.05, 4.69) is 15.3 Å². The predicted molar refractivity (Wildman–Crippen MR) is 113 cm³/mol. The molecule has 0 spiro atoms. The summed E-state index contributed by atoms with van der Waals surface area (Å²) >= 11 is 0. The molecule has 1 atom stereocenters. The Bertz CT molecular complexity index is 910. The molecule has 1 aromatic heterocycles. The number of benzene rings is 2. The van der Waals surface area contributed by atoms with Gasteiger partial charge in [-0.3, -0.25) is 4.79 Å². The summed E-state index contributed by atoms with van der Waals surface area (Å²) in [7, 11) is 0. The van der Waals surface area contributed by atoms with Gasteiger partial charge < -0.3 is 10.3 Å². The molecule has 1 unspecified atom stereocenters. The van der Waals surface area contributed by atoms with Crippen molar-refractivity contribution in [2.45, 2.75) is 51.5 Å². The number of carbonyl (C=O) groups is 1. The molecular weight excluding hydrogens is 365 g/mol. The van der Waals surface area contributed by atoms with Crippen molar-refractivity contribution < 1.29 is 9.18 Å². The van der Waals surface area contributed by atoms with Crippen LogP contribution in [0, 0.1) is 5.82 Å². The molecule has 0 radical (unpaired) electrons. The first-order valence-corrected chi connectivity index (χ1v) is 9.97. The molecule has 1 heterocycles. The van der Waals surface area contributed by atoms with Crippen LogP contribution in [-0.2, 0) is 6.42 Å². The van der Waals surface area contributed by atoms with Crippen molar-refractivity contribution in [3.05, 3.63) is 89.3 Å². The molecule has 2 aromatic carbocycles. The van der Waals surface area contributed by atoms with Crippen molar-refractivity contribution in [3.8, 4) is 0 Å². The third-order valence-corrected chi connectivity index (χ3v) is 4.81. The highest BCUT2D eigenvalue weighted by Crippen LogP contribution is 2.29. The summed E-state index contributed by atoms with van der Waals surface area (Å²) in [6, 6.07) is 14.4. The van der Waals surface area contributed by atoms with Crippen molar-refractivity contribution in [1.29, 1.82) is 0 Å². The first-order valence-electron chi connectivity index (χ1n) is 9.97. The van der Waals surface area contributed by atoms with Crippen LogP contribution in [0.15, 0.2) is 61.1 Å². The van der Waals surface area contributed by atoms with Crippen molar-refractivity contribution in [2.24, 2.45) is 0 Å². The number of aryl methyl sites for hydroxylation is 1. The summed E-state index contributed by atoms with van der Waals surface area (Å²) in [5, 5.41) is 2.99. The quantitative estimate of drug-likeness (QED) is 0.577. The molecular formula is C24H28FN3O. The average molecular weight is 394 g/mol. The van der Waals surface area contributed by atoms with Crippen LogP contribution in [0.25, 0.3) is 0 Å². The Morgan fingerprint density at radius 1 is 1.10 bits per heavy atom. The molecule has 0 aliphatic heterocycles. The van der Waals surface area contributed by atoms with Gasteiger partial charge in [0.2, 0.25) is 0 Å². The Kier molecular flexibility index (Phi) is 6.47. The van der Waals surface area contributed by atoms with E-state index in [1.54, 1.807) is 6.33 Å². The standard InChI is InChI=1S/C24H28FN3O/c1-24(2,3)28-23(29)19-11-9-18(10-12-19)21(22-15-26-16-27-22)6-4-5-17-7-13-20(25)14-8-17/h7-16,21H,4-6H2,1-3H3,(H,26,27)(H,28,29). The third kappa shape index (κ3) is 6.01. The second-order valence-electron chi connectivity index (χ2n) is 8.39. The fraction of sp³-hybridized carbons (Fsp3) is 0.333. The van der Waals surface area contributed by atoms with Crippen LogP contribution in [-0.4, -0.2) is 21.4 Å². The second-order valence-corrected chi connectivity index (χ2v) is 8.39. The molecule has 0 saturated carbocycles. The van der Waals surface area contributed by atoms with Gasteiger partial charge in [0.1, 0.15) is 5.82 Å². The van der Waals surface area contributed by atoms with E-state index in [0.29, 0.717) is 5.56 Å². The number of nitrogens with one attached hydrogen (secondary N) is 2.